The van der Waals surface area contributed by atoms with E-state index in [0.29, 0.717) is 23.9 Å². The predicted molar refractivity (Wildman–Crippen MR) is 79.5 cm³/mol. The maximum Gasteiger partial charge on any atom is 0.222 e. The molecule has 19 heavy (non-hydrogen) atoms. The van der Waals surface area contributed by atoms with Crippen LogP contribution in [-0.2, 0) is 4.79 Å². The van der Waals surface area contributed by atoms with Gasteiger partial charge in [0.2, 0.25) is 5.91 Å². The molecule has 0 aromatic rings. The van der Waals surface area contributed by atoms with Crippen LogP contribution in [0.1, 0.15) is 51.9 Å². The molecule has 3 rings (SSSR count). The minimum atomic E-state index is 0. The summed E-state index contributed by atoms with van der Waals surface area (Å²) in [6.07, 6.45) is 8.38. The van der Waals surface area contributed by atoms with E-state index in [1.807, 2.05) is 0 Å². The molecule has 0 saturated carbocycles. The Labute approximate surface area is 122 Å². The number of carbonyl (C=O) groups excluding carboxylic acids is 1. The molecule has 0 aromatic heterocycles. The van der Waals surface area contributed by atoms with Crippen LogP contribution in [0.15, 0.2) is 0 Å². The third-order valence-electron chi connectivity index (χ3n) is 5.25. The zero-order chi connectivity index (χ0) is 12.5. The van der Waals surface area contributed by atoms with Gasteiger partial charge in [0.05, 0.1) is 0 Å². The van der Waals surface area contributed by atoms with Crippen molar-refractivity contribution in [1.82, 2.24) is 10.2 Å². The van der Waals surface area contributed by atoms with Crippen LogP contribution >= 0.6 is 12.4 Å². The van der Waals surface area contributed by atoms with E-state index >= 15 is 0 Å². The van der Waals surface area contributed by atoms with Crippen molar-refractivity contribution >= 4 is 18.3 Å². The van der Waals surface area contributed by atoms with Crippen molar-refractivity contribution in [3.63, 3.8) is 0 Å². The summed E-state index contributed by atoms with van der Waals surface area (Å²) in [5.41, 5.74) is 0. The first-order valence-corrected chi connectivity index (χ1v) is 7.78. The second kappa shape index (κ2) is 6.45. The number of amides is 1. The Balaban J connectivity index is 0.00000133. The molecule has 3 aliphatic rings. The van der Waals surface area contributed by atoms with E-state index < -0.39 is 0 Å². The number of halogens is 1. The molecule has 1 N–H and O–H groups in total. The highest BCUT2D eigenvalue weighted by molar-refractivity contribution is 5.85. The van der Waals surface area contributed by atoms with E-state index in [2.05, 4.69) is 17.1 Å². The summed E-state index contributed by atoms with van der Waals surface area (Å²) < 4.78 is 0. The van der Waals surface area contributed by atoms with E-state index in [-0.39, 0.29) is 12.4 Å². The molecule has 1 amide bonds. The van der Waals surface area contributed by atoms with Gasteiger partial charge in [0.25, 0.3) is 0 Å². The van der Waals surface area contributed by atoms with Crippen molar-refractivity contribution < 1.29 is 4.79 Å². The SMILES string of the molecule is CCC1CCN(C(=O)CC2CC3CCC(C2)N3)C1.Cl. The van der Waals surface area contributed by atoms with Gasteiger partial charge in [-0.1, -0.05) is 13.3 Å². The Kier molecular flexibility index (Phi) is 5.13. The van der Waals surface area contributed by atoms with Crippen molar-refractivity contribution in [3.05, 3.63) is 0 Å². The van der Waals surface area contributed by atoms with Gasteiger partial charge in [-0.15, -0.1) is 12.4 Å². The number of hydrogen-bond donors (Lipinski definition) is 1. The fourth-order valence-electron chi connectivity index (χ4n) is 4.11. The first-order chi connectivity index (χ1) is 8.74. The first-order valence-electron chi connectivity index (χ1n) is 7.78. The lowest BCUT2D eigenvalue weighted by Crippen LogP contribution is -2.40. The lowest BCUT2D eigenvalue weighted by molar-refractivity contribution is -0.131. The highest BCUT2D eigenvalue weighted by atomic mass is 35.5. The standard InChI is InChI=1S/C15H26N2O.ClH/c1-2-11-5-6-17(10-11)15(18)9-12-7-13-3-4-14(8-12)16-13;/h11-14,16H,2-10H2,1H3;1H. The second-order valence-corrected chi connectivity index (χ2v) is 6.58. The molecule has 3 aliphatic heterocycles. The normalized spacial score (nSPS) is 37.2. The molecule has 110 valence electrons. The zero-order valence-corrected chi connectivity index (χ0v) is 12.8. The summed E-state index contributed by atoms with van der Waals surface area (Å²) in [5, 5.41) is 3.65. The van der Waals surface area contributed by atoms with Crippen LogP contribution < -0.4 is 5.32 Å². The zero-order valence-electron chi connectivity index (χ0n) is 11.9. The number of rotatable bonds is 3. The number of fused-ring (bicyclic) bond motifs is 2. The number of nitrogens with zero attached hydrogens (tertiary/aromatic N) is 1. The quantitative estimate of drug-likeness (QED) is 0.865. The summed E-state index contributed by atoms with van der Waals surface area (Å²) in [6.45, 7) is 4.27. The Morgan fingerprint density at radius 2 is 1.84 bits per heavy atom. The van der Waals surface area contributed by atoms with Gasteiger partial charge in [-0.25, -0.2) is 0 Å². The van der Waals surface area contributed by atoms with Crippen LogP contribution in [0.4, 0.5) is 0 Å². The van der Waals surface area contributed by atoms with Crippen LogP contribution in [0.25, 0.3) is 0 Å². The molecule has 3 nitrogen and oxygen atoms in total. The van der Waals surface area contributed by atoms with Gasteiger partial charge in [0.15, 0.2) is 0 Å². The molecular formula is C15H27ClN2O. The summed E-state index contributed by atoms with van der Waals surface area (Å²) in [5.74, 6) is 1.84. The van der Waals surface area contributed by atoms with Crippen LogP contribution in [0.2, 0.25) is 0 Å². The molecule has 2 bridgehead atoms. The Morgan fingerprint density at radius 1 is 1.16 bits per heavy atom. The molecule has 0 radical (unpaired) electrons. The first kappa shape index (κ1) is 15.1. The summed E-state index contributed by atoms with van der Waals surface area (Å²) >= 11 is 0. The van der Waals surface area contributed by atoms with Crippen molar-refractivity contribution in [1.29, 1.82) is 0 Å². The van der Waals surface area contributed by atoms with Gasteiger partial charge < -0.3 is 10.2 Å². The number of piperidine rings is 1. The van der Waals surface area contributed by atoms with Crippen molar-refractivity contribution in [3.8, 4) is 0 Å². The molecule has 0 aliphatic carbocycles. The predicted octanol–water partition coefficient (Wildman–Crippen LogP) is 2.59. The fraction of sp³-hybridized carbons (Fsp3) is 0.933. The Morgan fingerprint density at radius 3 is 2.42 bits per heavy atom. The minimum Gasteiger partial charge on any atom is -0.342 e. The van der Waals surface area contributed by atoms with E-state index in [0.717, 1.165) is 25.4 Å². The Hall–Kier alpha value is -0.280. The monoisotopic (exact) mass is 286 g/mol. The summed E-state index contributed by atoms with van der Waals surface area (Å²) in [7, 11) is 0. The maximum atomic E-state index is 12.3. The Bertz CT molecular complexity index is 311. The minimum absolute atomic E-state index is 0. The van der Waals surface area contributed by atoms with Crippen LogP contribution in [0.3, 0.4) is 0 Å². The van der Waals surface area contributed by atoms with E-state index in [4.69, 9.17) is 0 Å². The van der Waals surface area contributed by atoms with Gasteiger partial charge in [0.1, 0.15) is 0 Å². The van der Waals surface area contributed by atoms with E-state index in [1.165, 1.54) is 38.5 Å². The fourth-order valence-corrected chi connectivity index (χ4v) is 4.11. The van der Waals surface area contributed by atoms with Crippen LogP contribution in [0, 0.1) is 11.8 Å². The highest BCUT2D eigenvalue weighted by Gasteiger charge is 2.35. The lowest BCUT2D eigenvalue weighted by atomic mass is 9.89. The third kappa shape index (κ3) is 3.43. The van der Waals surface area contributed by atoms with Gasteiger partial charge >= 0.3 is 0 Å². The second-order valence-electron chi connectivity index (χ2n) is 6.58. The maximum absolute atomic E-state index is 12.3. The van der Waals surface area contributed by atoms with Gasteiger partial charge in [-0.05, 0) is 43.9 Å². The highest BCUT2D eigenvalue weighted by Crippen LogP contribution is 2.33. The number of nitrogens with one attached hydrogen (secondary N) is 1. The smallest absolute Gasteiger partial charge is 0.222 e. The van der Waals surface area contributed by atoms with Crippen LogP contribution in [-0.4, -0.2) is 36.0 Å². The van der Waals surface area contributed by atoms with Crippen LogP contribution in [0.5, 0.6) is 0 Å². The van der Waals surface area contributed by atoms with Gasteiger partial charge in [-0.2, -0.15) is 0 Å². The van der Waals surface area contributed by atoms with Crippen molar-refractivity contribution in [2.24, 2.45) is 11.8 Å². The lowest BCUT2D eigenvalue weighted by Gasteiger charge is -2.29. The molecule has 3 fully saturated rings. The number of likely N-dealkylation sites (tertiary alicyclic amines) is 1. The summed E-state index contributed by atoms with van der Waals surface area (Å²) in [6, 6.07) is 1.42. The molecule has 3 saturated heterocycles. The topological polar surface area (TPSA) is 32.3 Å². The molecule has 0 aromatic carbocycles. The third-order valence-corrected chi connectivity index (χ3v) is 5.25. The molecule has 4 heteroatoms. The van der Waals surface area contributed by atoms with E-state index in [9.17, 15) is 4.79 Å². The summed E-state index contributed by atoms with van der Waals surface area (Å²) in [4.78, 5) is 14.4. The average Bonchev–Trinajstić information content (AvgIpc) is 2.96. The van der Waals surface area contributed by atoms with Crippen molar-refractivity contribution in [2.45, 2.75) is 64.0 Å². The van der Waals surface area contributed by atoms with Crippen molar-refractivity contribution in [2.75, 3.05) is 13.1 Å². The number of hydrogen-bond acceptors (Lipinski definition) is 2. The molecule has 0 spiro atoms. The largest absolute Gasteiger partial charge is 0.342 e. The van der Waals surface area contributed by atoms with E-state index in [1.54, 1.807) is 0 Å². The molecular weight excluding hydrogens is 260 g/mol. The van der Waals surface area contributed by atoms with Gasteiger partial charge in [0, 0.05) is 31.6 Å². The number of carbonyl (C=O) groups is 1. The molecule has 3 unspecified atom stereocenters. The van der Waals surface area contributed by atoms with Gasteiger partial charge in [-0.3, -0.25) is 4.79 Å². The molecule has 3 atom stereocenters. The molecule has 3 heterocycles. The average molecular weight is 287 g/mol.